The number of nitrogens with zero attached hydrogens (tertiary/aromatic N) is 3. The number of hydrogen-bond acceptors (Lipinski definition) is 7. The third-order valence-electron chi connectivity index (χ3n) is 4.97. The van der Waals surface area contributed by atoms with E-state index in [-0.39, 0.29) is 28.9 Å². The van der Waals surface area contributed by atoms with Crippen molar-refractivity contribution in [2.75, 3.05) is 44.8 Å². The van der Waals surface area contributed by atoms with Gasteiger partial charge in [-0.2, -0.15) is 23.1 Å². The van der Waals surface area contributed by atoms with Crippen molar-refractivity contribution in [1.82, 2.24) is 15.3 Å². The molecule has 2 heterocycles. The van der Waals surface area contributed by atoms with E-state index in [4.69, 9.17) is 26.8 Å². The van der Waals surface area contributed by atoms with Crippen LogP contribution >= 0.6 is 11.6 Å². The average molecular weight is 554 g/mol. The van der Waals surface area contributed by atoms with Gasteiger partial charge < -0.3 is 25.4 Å². The Bertz CT molecular complexity index is 1240. The molecule has 14 heteroatoms. The normalized spacial score (nSPS) is 17.7. The fraction of sp³-hybridized carbons (Fsp3) is 0.391. The second kappa shape index (κ2) is 12.9. The number of hydrogen-bond donors (Lipinski definition) is 2. The van der Waals surface area contributed by atoms with E-state index < -0.39 is 46.0 Å². The van der Waals surface area contributed by atoms with Crippen LogP contribution in [0.2, 0.25) is 0 Å². The van der Waals surface area contributed by atoms with E-state index >= 15 is 4.39 Å². The smallest absolute Gasteiger partial charge is 0.412 e. The van der Waals surface area contributed by atoms with Crippen molar-refractivity contribution in [1.29, 1.82) is 0 Å². The zero-order valence-corrected chi connectivity index (χ0v) is 21.0. The number of rotatable bonds is 8. The Kier molecular flexibility index (Phi) is 10.4. The monoisotopic (exact) mass is 553 g/mol. The molecule has 1 aliphatic rings. The number of allylic oxidation sites excluding steroid dienone is 6. The highest BCUT2D eigenvalue weighted by Crippen LogP contribution is 2.28. The average Bonchev–Trinajstić information content (AvgIpc) is 2.85. The van der Waals surface area contributed by atoms with E-state index in [1.807, 2.05) is 4.90 Å². The molecule has 1 saturated heterocycles. The summed E-state index contributed by atoms with van der Waals surface area (Å²) in [4.78, 5) is 10.4. The number of aromatic nitrogens is 2. The fourth-order valence-corrected chi connectivity index (χ4v) is 3.50. The first-order valence-corrected chi connectivity index (χ1v) is 11.3. The van der Waals surface area contributed by atoms with Gasteiger partial charge in [-0.15, -0.1) is 0 Å². The molecule has 0 amide bonds. The van der Waals surface area contributed by atoms with E-state index in [0.717, 1.165) is 6.08 Å². The van der Waals surface area contributed by atoms with Gasteiger partial charge in [-0.3, -0.25) is 0 Å². The summed E-state index contributed by atoms with van der Waals surface area (Å²) < 4.78 is 91.1. The van der Waals surface area contributed by atoms with Crippen LogP contribution in [0.25, 0.3) is 11.6 Å². The topological polar surface area (TPSA) is 85.5 Å². The lowest BCUT2D eigenvalue weighted by Crippen LogP contribution is -2.48. The summed E-state index contributed by atoms with van der Waals surface area (Å²) in [5.41, 5.74) is 3.68. The minimum Gasteiger partial charge on any atom is -0.498 e. The molecule has 0 aromatic carbocycles. The number of nitrogens with two attached hydrogens (primary N) is 1. The fourth-order valence-electron chi connectivity index (χ4n) is 3.28. The molecule has 1 aromatic rings. The Balaban J connectivity index is 2.75. The predicted octanol–water partition coefficient (Wildman–Crippen LogP) is 3.37. The molecule has 7 nitrogen and oxygen atoms in total. The Morgan fingerprint density at radius 3 is 2.38 bits per heavy atom. The van der Waals surface area contributed by atoms with Crippen molar-refractivity contribution in [2.24, 2.45) is 5.73 Å². The molecule has 2 rings (SSSR count). The lowest BCUT2D eigenvalue weighted by molar-refractivity contribution is -0.0813. The largest absolute Gasteiger partial charge is 0.498 e. The van der Waals surface area contributed by atoms with Crippen LogP contribution in [0, 0.1) is 0 Å². The molecule has 0 spiro atoms. The van der Waals surface area contributed by atoms with Gasteiger partial charge in [-0.1, -0.05) is 18.2 Å². The van der Waals surface area contributed by atoms with E-state index in [1.165, 1.54) is 7.11 Å². The SMILES string of the molecule is C=C(/C=C(Cl)/C(N)=C(F)\C(F)=C\C(F)(F)F)/C(F)=c1/nc(OC)nc(N2CCNCC2)/c1=C(/C)OCC. The van der Waals surface area contributed by atoms with Crippen molar-refractivity contribution in [3.8, 4) is 6.01 Å². The van der Waals surface area contributed by atoms with Crippen LogP contribution in [0.5, 0.6) is 6.01 Å². The van der Waals surface area contributed by atoms with Crippen LogP contribution in [0.1, 0.15) is 13.8 Å². The molecule has 0 unspecified atom stereocenters. The maximum absolute atomic E-state index is 15.7. The molecule has 3 N–H and O–H groups in total. The molecule has 0 atom stereocenters. The van der Waals surface area contributed by atoms with Gasteiger partial charge in [0.15, 0.2) is 17.5 Å². The van der Waals surface area contributed by atoms with E-state index in [0.29, 0.717) is 32.0 Å². The highest BCUT2D eigenvalue weighted by Gasteiger charge is 2.27. The highest BCUT2D eigenvalue weighted by atomic mass is 35.5. The number of piperazine rings is 1. The maximum Gasteiger partial charge on any atom is 0.412 e. The van der Waals surface area contributed by atoms with Crippen LogP contribution in [-0.2, 0) is 4.74 Å². The summed E-state index contributed by atoms with van der Waals surface area (Å²) in [5, 5.41) is 2.31. The van der Waals surface area contributed by atoms with E-state index in [2.05, 4.69) is 21.9 Å². The first kappa shape index (κ1) is 30.0. The molecule has 0 aliphatic carbocycles. The van der Waals surface area contributed by atoms with Crippen LogP contribution in [0.3, 0.4) is 0 Å². The van der Waals surface area contributed by atoms with Gasteiger partial charge in [0, 0.05) is 31.8 Å². The van der Waals surface area contributed by atoms with Gasteiger partial charge >= 0.3 is 12.2 Å². The zero-order chi connectivity index (χ0) is 27.9. The summed E-state index contributed by atoms with van der Waals surface area (Å²) >= 11 is 5.85. The summed E-state index contributed by atoms with van der Waals surface area (Å²) in [5.74, 6) is -4.81. The van der Waals surface area contributed by atoms with Gasteiger partial charge in [0.2, 0.25) is 0 Å². The lowest BCUT2D eigenvalue weighted by Gasteiger charge is -2.29. The van der Waals surface area contributed by atoms with Crippen molar-refractivity contribution in [3.63, 3.8) is 0 Å². The number of nitrogens with one attached hydrogen (secondary N) is 1. The number of anilines is 1. The zero-order valence-electron chi connectivity index (χ0n) is 20.3. The van der Waals surface area contributed by atoms with Crippen molar-refractivity contribution >= 4 is 29.0 Å². The van der Waals surface area contributed by atoms with E-state index in [9.17, 15) is 22.0 Å². The Hall–Kier alpha value is -3.19. The molecular formula is C23H26ClF6N5O2. The summed E-state index contributed by atoms with van der Waals surface area (Å²) in [7, 11) is 1.29. The Labute approximate surface area is 214 Å². The second-order valence-corrected chi connectivity index (χ2v) is 7.98. The van der Waals surface area contributed by atoms with Gasteiger partial charge in [0.25, 0.3) is 0 Å². The molecule has 1 aliphatic heterocycles. The molecule has 1 aromatic heterocycles. The molecule has 0 bridgehead atoms. The van der Waals surface area contributed by atoms with Crippen molar-refractivity contribution < 1.29 is 35.8 Å². The molecule has 0 radical (unpaired) electrons. The number of alkyl halides is 3. The third-order valence-corrected chi connectivity index (χ3v) is 5.28. The first-order chi connectivity index (χ1) is 17.3. The molecule has 37 heavy (non-hydrogen) atoms. The van der Waals surface area contributed by atoms with Gasteiger partial charge in [0.05, 0.1) is 35.7 Å². The maximum atomic E-state index is 15.7. The highest BCUT2D eigenvalue weighted by molar-refractivity contribution is 6.32. The minimum absolute atomic E-state index is 0.167. The van der Waals surface area contributed by atoms with Gasteiger partial charge in [0.1, 0.15) is 16.9 Å². The molecule has 0 saturated carbocycles. The second-order valence-electron chi connectivity index (χ2n) is 7.58. The summed E-state index contributed by atoms with van der Waals surface area (Å²) in [6, 6.07) is -0.167. The van der Waals surface area contributed by atoms with Crippen LogP contribution in [0.4, 0.5) is 32.2 Å². The first-order valence-electron chi connectivity index (χ1n) is 10.9. The number of methoxy groups -OCH3 is 1. The summed E-state index contributed by atoms with van der Waals surface area (Å²) in [6.45, 7) is 9.46. The minimum atomic E-state index is -5.14. The van der Waals surface area contributed by atoms with Gasteiger partial charge in [-0.25, -0.2) is 13.2 Å². The number of ether oxygens (including phenoxy) is 2. The van der Waals surface area contributed by atoms with Crippen molar-refractivity contribution in [2.45, 2.75) is 20.0 Å². The van der Waals surface area contributed by atoms with Crippen LogP contribution < -0.4 is 31.3 Å². The Morgan fingerprint density at radius 2 is 1.84 bits per heavy atom. The number of halogens is 7. The van der Waals surface area contributed by atoms with Gasteiger partial charge in [-0.05, 0) is 19.9 Å². The van der Waals surface area contributed by atoms with E-state index in [1.54, 1.807) is 13.8 Å². The lowest BCUT2D eigenvalue weighted by atomic mass is 10.1. The molecule has 1 fully saturated rings. The van der Waals surface area contributed by atoms with Crippen molar-refractivity contribution in [3.05, 3.63) is 57.3 Å². The predicted molar refractivity (Wildman–Crippen MR) is 129 cm³/mol. The molecular weight excluding hydrogens is 528 g/mol. The van der Waals surface area contributed by atoms with Crippen LogP contribution in [-0.4, -0.2) is 56.0 Å². The standard InChI is InChI=1S/C23H26ClF6N5O2/c1-5-37-13(3)16-20(33-22(36-4)34-21(16)35-8-6-32-7-9-35)17(26)12(2)10-14(24)19(31)18(27)15(25)11-23(28,29)30/h10-11,32H,2,5-9,31H2,1,3-4H3/b14-10-,15-11-,16-13-,19-18-,20-17-. The Morgan fingerprint density at radius 1 is 1.22 bits per heavy atom. The summed E-state index contributed by atoms with van der Waals surface area (Å²) in [6.07, 6.45) is -5.34. The quantitative estimate of drug-likeness (QED) is 0.377. The third kappa shape index (κ3) is 7.89. The molecule has 204 valence electrons. The van der Waals surface area contributed by atoms with Crippen LogP contribution in [0.15, 0.2) is 46.7 Å².